The highest BCUT2D eigenvalue weighted by molar-refractivity contribution is 6.09. The summed E-state index contributed by atoms with van der Waals surface area (Å²) in [7, 11) is 0. The molecule has 72 valence electrons. The summed E-state index contributed by atoms with van der Waals surface area (Å²) in [6, 6.07) is 10.0. The highest BCUT2D eigenvalue weighted by atomic mass is 14.7. The van der Waals surface area contributed by atoms with Crippen molar-refractivity contribution in [2.45, 2.75) is 13.8 Å². The van der Waals surface area contributed by atoms with E-state index in [1.165, 1.54) is 0 Å². The fourth-order valence-electron chi connectivity index (χ4n) is 0.981. The molecule has 14 heavy (non-hydrogen) atoms. The standard InChI is InChI=1S/C13H15N/c1-4-12(3)14-10-11(2)13-8-6-5-7-9-13/h4-10H,2H2,1,3H3. The predicted molar refractivity (Wildman–Crippen MR) is 63.4 cm³/mol. The lowest BCUT2D eigenvalue weighted by atomic mass is 10.1. The maximum absolute atomic E-state index is 4.26. The minimum absolute atomic E-state index is 0.937. The van der Waals surface area contributed by atoms with Crippen molar-refractivity contribution in [1.82, 2.24) is 0 Å². The normalized spacial score (nSPS) is 12.0. The molecule has 0 atom stereocenters. The lowest BCUT2D eigenvalue weighted by molar-refractivity contribution is 1.30. The third-order valence-corrected chi connectivity index (χ3v) is 1.99. The van der Waals surface area contributed by atoms with Crippen molar-refractivity contribution in [3.63, 3.8) is 0 Å². The molecule has 0 radical (unpaired) electrons. The number of aliphatic imine (C=N–C) groups is 1. The molecule has 1 aromatic carbocycles. The van der Waals surface area contributed by atoms with Crippen molar-refractivity contribution in [3.8, 4) is 0 Å². The van der Waals surface area contributed by atoms with Crippen LogP contribution in [0, 0.1) is 0 Å². The van der Waals surface area contributed by atoms with Crippen LogP contribution in [0.25, 0.3) is 5.57 Å². The van der Waals surface area contributed by atoms with Crippen molar-refractivity contribution in [3.05, 3.63) is 54.2 Å². The van der Waals surface area contributed by atoms with E-state index in [9.17, 15) is 0 Å². The molecule has 0 aliphatic carbocycles. The third-order valence-electron chi connectivity index (χ3n) is 1.99. The molecule has 0 amide bonds. The molecule has 0 N–H and O–H groups in total. The van der Waals surface area contributed by atoms with Gasteiger partial charge in [-0.25, -0.2) is 0 Å². The average molecular weight is 185 g/mol. The second kappa shape index (κ2) is 5.18. The summed E-state index contributed by atoms with van der Waals surface area (Å²) in [5.74, 6) is 0. The molecule has 0 unspecified atom stereocenters. The molecule has 0 aliphatic rings. The first kappa shape index (κ1) is 10.5. The first-order valence-electron chi connectivity index (χ1n) is 4.65. The van der Waals surface area contributed by atoms with Crippen molar-refractivity contribution in [2.24, 2.45) is 4.99 Å². The Kier molecular flexibility index (Phi) is 3.86. The maximum atomic E-state index is 4.26. The number of nitrogens with zero attached hydrogens (tertiary/aromatic N) is 1. The Labute approximate surface area is 85.5 Å². The van der Waals surface area contributed by atoms with Crippen LogP contribution in [0.15, 0.2) is 53.7 Å². The van der Waals surface area contributed by atoms with E-state index in [-0.39, 0.29) is 0 Å². The Morgan fingerprint density at radius 1 is 1.29 bits per heavy atom. The van der Waals surface area contributed by atoms with E-state index in [1.54, 1.807) is 6.21 Å². The van der Waals surface area contributed by atoms with Gasteiger partial charge in [-0.1, -0.05) is 43.0 Å². The molecule has 0 fully saturated rings. The molecule has 0 saturated carbocycles. The van der Waals surface area contributed by atoms with Crippen LogP contribution in [-0.4, -0.2) is 6.21 Å². The van der Waals surface area contributed by atoms with Crippen LogP contribution in [0.3, 0.4) is 0 Å². The summed E-state index contributed by atoms with van der Waals surface area (Å²) in [4.78, 5) is 4.26. The first-order chi connectivity index (χ1) is 6.74. The van der Waals surface area contributed by atoms with Crippen LogP contribution < -0.4 is 0 Å². The Balaban J connectivity index is 2.74. The molecule has 0 aromatic heterocycles. The van der Waals surface area contributed by atoms with Gasteiger partial charge in [0, 0.05) is 11.9 Å². The van der Waals surface area contributed by atoms with E-state index in [2.05, 4.69) is 11.6 Å². The van der Waals surface area contributed by atoms with Gasteiger partial charge in [0.1, 0.15) is 0 Å². The third kappa shape index (κ3) is 3.02. The molecule has 0 saturated heterocycles. The van der Waals surface area contributed by atoms with Crippen molar-refractivity contribution in [2.75, 3.05) is 0 Å². The molecule has 0 heterocycles. The minimum Gasteiger partial charge on any atom is -0.261 e. The topological polar surface area (TPSA) is 12.4 Å². The lowest BCUT2D eigenvalue weighted by Gasteiger charge is -1.98. The van der Waals surface area contributed by atoms with E-state index in [0.29, 0.717) is 0 Å². The Morgan fingerprint density at radius 3 is 2.50 bits per heavy atom. The molecule has 0 spiro atoms. The number of hydrogen-bond donors (Lipinski definition) is 0. The molecular formula is C13H15N. The number of hydrogen-bond acceptors (Lipinski definition) is 1. The van der Waals surface area contributed by atoms with Crippen LogP contribution in [0.2, 0.25) is 0 Å². The highest BCUT2D eigenvalue weighted by Crippen LogP contribution is 2.09. The first-order valence-corrected chi connectivity index (χ1v) is 4.65. The fraction of sp³-hybridized carbons (Fsp3) is 0.154. The molecular weight excluding hydrogens is 170 g/mol. The summed E-state index contributed by atoms with van der Waals surface area (Å²) in [5.41, 5.74) is 3.05. The van der Waals surface area contributed by atoms with Gasteiger partial charge in [-0.05, 0) is 25.0 Å². The molecule has 1 aromatic rings. The molecule has 1 rings (SSSR count). The van der Waals surface area contributed by atoms with Crippen molar-refractivity contribution in [1.29, 1.82) is 0 Å². The molecule has 1 heteroatoms. The maximum Gasteiger partial charge on any atom is 0.0343 e. The summed E-state index contributed by atoms with van der Waals surface area (Å²) < 4.78 is 0. The van der Waals surface area contributed by atoms with Crippen molar-refractivity contribution >= 4 is 11.8 Å². The smallest absolute Gasteiger partial charge is 0.0343 e. The molecule has 0 aliphatic heterocycles. The predicted octanol–water partition coefficient (Wildman–Crippen LogP) is 3.69. The number of benzene rings is 1. The van der Waals surface area contributed by atoms with Crippen LogP contribution in [-0.2, 0) is 0 Å². The largest absolute Gasteiger partial charge is 0.261 e. The molecule has 0 bridgehead atoms. The van der Waals surface area contributed by atoms with Crippen LogP contribution in [0.5, 0.6) is 0 Å². The molecule has 1 nitrogen and oxygen atoms in total. The second-order valence-electron chi connectivity index (χ2n) is 3.08. The fourth-order valence-corrected chi connectivity index (χ4v) is 0.981. The van der Waals surface area contributed by atoms with E-state index >= 15 is 0 Å². The zero-order valence-corrected chi connectivity index (χ0v) is 8.70. The summed E-state index contributed by atoms with van der Waals surface area (Å²) >= 11 is 0. The van der Waals surface area contributed by atoms with Crippen LogP contribution in [0.4, 0.5) is 0 Å². The van der Waals surface area contributed by atoms with E-state index in [0.717, 1.165) is 16.8 Å². The summed E-state index contributed by atoms with van der Waals surface area (Å²) in [5, 5.41) is 0. The van der Waals surface area contributed by atoms with Gasteiger partial charge in [0.15, 0.2) is 0 Å². The van der Waals surface area contributed by atoms with Crippen LogP contribution in [0.1, 0.15) is 19.4 Å². The van der Waals surface area contributed by atoms with E-state index in [4.69, 9.17) is 0 Å². The van der Waals surface area contributed by atoms with E-state index < -0.39 is 0 Å². The van der Waals surface area contributed by atoms with Gasteiger partial charge < -0.3 is 0 Å². The zero-order chi connectivity index (χ0) is 10.4. The summed E-state index contributed by atoms with van der Waals surface area (Å²) in [6.45, 7) is 7.89. The van der Waals surface area contributed by atoms with Gasteiger partial charge in [0.2, 0.25) is 0 Å². The lowest BCUT2D eigenvalue weighted by Crippen LogP contribution is -1.83. The van der Waals surface area contributed by atoms with Gasteiger partial charge >= 0.3 is 0 Å². The Bertz CT molecular complexity index is 358. The number of rotatable bonds is 3. The van der Waals surface area contributed by atoms with Gasteiger partial charge in [-0.2, -0.15) is 0 Å². The Hall–Kier alpha value is -1.63. The monoisotopic (exact) mass is 185 g/mol. The average Bonchev–Trinajstić information content (AvgIpc) is 2.26. The zero-order valence-electron chi connectivity index (χ0n) is 8.70. The van der Waals surface area contributed by atoms with Gasteiger partial charge in [-0.3, -0.25) is 4.99 Å². The SMILES string of the molecule is C=C(C=NC(C)=CC)c1ccccc1. The van der Waals surface area contributed by atoms with Gasteiger partial charge in [0.25, 0.3) is 0 Å². The minimum atomic E-state index is 0.937. The van der Waals surface area contributed by atoms with Gasteiger partial charge in [0.05, 0.1) is 0 Å². The highest BCUT2D eigenvalue weighted by Gasteiger charge is 1.92. The van der Waals surface area contributed by atoms with Crippen LogP contribution >= 0.6 is 0 Å². The second-order valence-corrected chi connectivity index (χ2v) is 3.08. The van der Waals surface area contributed by atoms with Gasteiger partial charge in [-0.15, -0.1) is 0 Å². The van der Waals surface area contributed by atoms with Crippen molar-refractivity contribution < 1.29 is 0 Å². The summed E-state index contributed by atoms with van der Waals surface area (Å²) in [6.07, 6.45) is 3.76. The Morgan fingerprint density at radius 2 is 1.93 bits per heavy atom. The number of allylic oxidation sites excluding steroid dienone is 3. The quantitative estimate of drug-likeness (QED) is 0.637. The van der Waals surface area contributed by atoms with E-state index in [1.807, 2.05) is 50.3 Å².